The summed E-state index contributed by atoms with van der Waals surface area (Å²) in [5.41, 5.74) is 1.89. The molecule has 0 spiro atoms. The van der Waals surface area contributed by atoms with Crippen LogP contribution >= 0.6 is 0 Å². The van der Waals surface area contributed by atoms with Gasteiger partial charge in [-0.25, -0.2) is 0 Å². The molecule has 4 radical (unpaired) electrons. The summed E-state index contributed by atoms with van der Waals surface area (Å²) < 4.78 is 0. The zero-order valence-electron chi connectivity index (χ0n) is 2.78. The van der Waals surface area contributed by atoms with Crippen molar-refractivity contribution in [3.05, 3.63) is 12.3 Å². The summed E-state index contributed by atoms with van der Waals surface area (Å²) in [6.45, 7) is 3.42. The molecule has 0 aromatic rings. The van der Waals surface area contributed by atoms with Crippen molar-refractivity contribution in [1.82, 2.24) is 0 Å². The van der Waals surface area contributed by atoms with E-state index in [0.29, 0.717) is 0 Å². The molecule has 0 saturated heterocycles. The molecule has 0 N–H and O–H groups in total. The van der Waals surface area contributed by atoms with Crippen molar-refractivity contribution in [3.63, 3.8) is 0 Å². The predicted molar refractivity (Wildman–Crippen MR) is 25.9 cm³/mol. The summed E-state index contributed by atoms with van der Waals surface area (Å²) in [6, 6.07) is 0. The molecule has 0 unspecified atom stereocenters. The van der Waals surface area contributed by atoms with E-state index in [2.05, 4.69) is 6.58 Å². The molecule has 0 aliphatic carbocycles. The Morgan fingerprint density at radius 2 is 1.75 bits per heavy atom. The monoisotopic (exact) mass is 266 g/mol. The van der Waals surface area contributed by atoms with Gasteiger partial charge >= 0.3 is 0 Å². The molecule has 0 saturated carbocycles. The maximum absolute atomic E-state index is 3.42. The summed E-state index contributed by atoms with van der Waals surface area (Å²) in [6.07, 6.45) is 0. The quantitative estimate of drug-likeness (QED) is 0.499. The average Bonchev–Trinajstić information content (AvgIpc) is 0.918. The van der Waals surface area contributed by atoms with Crippen LogP contribution in [-0.4, -0.2) is 37.5 Å². The SMILES string of the molecule is C=C[SiH3].[Pb]. The molecule has 22 valence electrons. The number of hydrogen-bond donors (Lipinski definition) is 0. The van der Waals surface area contributed by atoms with Crippen LogP contribution in [-0.2, 0) is 0 Å². The smallest absolute Gasteiger partial charge is 0.0283 e. The first-order valence-electron chi connectivity index (χ1n) is 0.986. The second kappa shape index (κ2) is 9.11. The Balaban J connectivity index is 0. The van der Waals surface area contributed by atoms with Gasteiger partial charge in [0.15, 0.2) is 0 Å². The van der Waals surface area contributed by atoms with E-state index < -0.39 is 0 Å². The van der Waals surface area contributed by atoms with Crippen LogP contribution in [0, 0.1) is 0 Å². The molecular weight excluding hydrogens is 259 g/mol. The van der Waals surface area contributed by atoms with Gasteiger partial charge in [-0.2, -0.15) is 0 Å². The Morgan fingerprint density at radius 3 is 1.75 bits per heavy atom. The van der Waals surface area contributed by atoms with E-state index in [1.807, 2.05) is 5.70 Å². The van der Waals surface area contributed by atoms with Crippen LogP contribution in [0.1, 0.15) is 0 Å². The normalized spacial score (nSPS) is 4.00. The van der Waals surface area contributed by atoms with Crippen molar-refractivity contribution in [2.24, 2.45) is 0 Å². The van der Waals surface area contributed by atoms with E-state index in [0.717, 1.165) is 10.2 Å². The summed E-state index contributed by atoms with van der Waals surface area (Å²) in [4.78, 5) is 0. The summed E-state index contributed by atoms with van der Waals surface area (Å²) in [5, 5.41) is 0. The van der Waals surface area contributed by atoms with Crippen LogP contribution in [0.5, 0.6) is 0 Å². The van der Waals surface area contributed by atoms with Gasteiger partial charge in [0.1, 0.15) is 0 Å². The van der Waals surface area contributed by atoms with Crippen LogP contribution in [0.15, 0.2) is 12.3 Å². The minimum absolute atomic E-state index is 0. The van der Waals surface area contributed by atoms with Crippen molar-refractivity contribution in [3.8, 4) is 0 Å². The molecular formula is C2H6PbSi. The van der Waals surface area contributed by atoms with Crippen molar-refractivity contribution >= 4 is 37.5 Å². The van der Waals surface area contributed by atoms with E-state index in [4.69, 9.17) is 0 Å². The Labute approximate surface area is 49.9 Å². The number of rotatable bonds is 0. The second-order valence-electron chi connectivity index (χ2n) is 0.408. The molecule has 0 fully saturated rings. The fraction of sp³-hybridized carbons (Fsp3) is 0. The first kappa shape index (κ1) is 8.86. The van der Waals surface area contributed by atoms with Gasteiger partial charge in [0.2, 0.25) is 0 Å². The van der Waals surface area contributed by atoms with Crippen LogP contribution in [0.4, 0.5) is 0 Å². The zero-order valence-corrected chi connectivity index (χ0v) is 8.67. The Hall–Kier alpha value is 0.879. The zero-order chi connectivity index (χ0) is 2.71. The van der Waals surface area contributed by atoms with Gasteiger partial charge in [-0.3, -0.25) is 0 Å². The first-order chi connectivity index (χ1) is 1.41. The van der Waals surface area contributed by atoms with Crippen LogP contribution < -0.4 is 0 Å². The third-order valence-electron chi connectivity index (χ3n) is 0. The van der Waals surface area contributed by atoms with E-state index in [1.54, 1.807) is 0 Å². The molecule has 0 rings (SSSR count). The minimum Gasteiger partial charge on any atom is -0.112 e. The van der Waals surface area contributed by atoms with Crippen molar-refractivity contribution < 1.29 is 0 Å². The summed E-state index contributed by atoms with van der Waals surface area (Å²) in [7, 11) is 1.13. The van der Waals surface area contributed by atoms with Gasteiger partial charge in [0, 0.05) is 37.5 Å². The molecule has 0 amide bonds. The van der Waals surface area contributed by atoms with Crippen molar-refractivity contribution in [1.29, 1.82) is 0 Å². The fourth-order valence-corrected chi connectivity index (χ4v) is 0. The van der Waals surface area contributed by atoms with Gasteiger partial charge in [0.25, 0.3) is 0 Å². The van der Waals surface area contributed by atoms with Crippen molar-refractivity contribution in [2.45, 2.75) is 0 Å². The maximum Gasteiger partial charge on any atom is 0.0283 e. The largest absolute Gasteiger partial charge is 0.112 e. The van der Waals surface area contributed by atoms with Crippen LogP contribution in [0.3, 0.4) is 0 Å². The maximum atomic E-state index is 3.42. The molecule has 0 aromatic carbocycles. The summed E-state index contributed by atoms with van der Waals surface area (Å²) >= 11 is 0. The second-order valence-corrected chi connectivity index (χ2v) is 1.22. The molecule has 2 heteroatoms. The Bertz CT molecular complexity index is 13.5. The molecule has 0 atom stereocenters. The van der Waals surface area contributed by atoms with Gasteiger partial charge in [0.05, 0.1) is 0 Å². The predicted octanol–water partition coefficient (Wildman–Crippen LogP) is -0.886. The Kier molecular flexibility index (Phi) is 20.2. The third kappa shape index (κ3) is 13.2. The average molecular weight is 265 g/mol. The minimum atomic E-state index is 0. The molecule has 0 bridgehead atoms. The van der Waals surface area contributed by atoms with E-state index >= 15 is 0 Å². The van der Waals surface area contributed by atoms with Crippen molar-refractivity contribution in [2.75, 3.05) is 0 Å². The molecule has 0 aromatic heterocycles. The molecule has 0 nitrogen and oxygen atoms in total. The van der Waals surface area contributed by atoms with E-state index in [-0.39, 0.29) is 27.3 Å². The van der Waals surface area contributed by atoms with Gasteiger partial charge < -0.3 is 0 Å². The molecule has 0 heterocycles. The van der Waals surface area contributed by atoms with Crippen LogP contribution in [0.2, 0.25) is 0 Å². The number of hydrogen-bond acceptors (Lipinski definition) is 0. The molecule has 0 aliphatic heterocycles. The standard InChI is InChI=1S/C2H6Si.Pb/c1-2-3;/h2H,1H2,3H3;. The molecule has 0 aliphatic rings. The Morgan fingerprint density at radius 1 is 1.75 bits per heavy atom. The van der Waals surface area contributed by atoms with E-state index in [9.17, 15) is 0 Å². The van der Waals surface area contributed by atoms with E-state index in [1.165, 1.54) is 0 Å². The van der Waals surface area contributed by atoms with Gasteiger partial charge in [-0.05, 0) is 0 Å². The van der Waals surface area contributed by atoms with Gasteiger partial charge in [-0.15, -0.1) is 12.3 Å². The molecule has 4 heavy (non-hydrogen) atoms. The topological polar surface area (TPSA) is 0 Å². The van der Waals surface area contributed by atoms with Crippen LogP contribution in [0.25, 0.3) is 0 Å². The van der Waals surface area contributed by atoms with Gasteiger partial charge in [-0.1, -0.05) is 0 Å². The third-order valence-corrected chi connectivity index (χ3v) is 0. The first-order valence-corrected chi connectivity index (χ1v) is 2.14. The summed E-state index contributed by atoms with van der Waals surface area (Å²) in [5.74, 6) is 0. The fourth-order valence-electron chi connectivity index (χ4n) is 0.